The van der Waals surface area contributed by atoms with Crippen molar-refractivity contribution in [1.29, 1.82) is 0 Å². The number of aliphatic hydroxyl groups is 1. The van der Waals surface area contributed by atoms with Gasteiger partial charge in [-0.2, -0.15) is 0 Å². The number of anilines is 1. The summed E-state index contributed by atoms with van der Waals surface area (Å²) in [5, 5.41) is 9.07. The number of hydrogen-bond donors (Lipinski definition) is 2. The van der Waals surface area contributed by atoms with Crippen molar-refractivity contribution in [1.82, 2.24) is 14.9 Å². The Morgan fingerprint density at radius 1 is 1.47 bits per heavy atom. The number of aliphatic hydroxyl groups excluding tert-OH is 1. The number of hydrogen-bond acceptors (Lipinski definition) is 6. The number of carbonyl (C=O) groups is 1. The molecule has 6 nitrogen and oxygen atoms in total. The van der Waals surface area contributed by atoms with Gasteiger partial charge in [0.05, 0.1) is 12.3 Å². The van der Waals surface area contributed by atoms with Gasteiger partial charge in [-0.15, -0.1) is 11.3 Å². The fourth-order valence-corrected chi connectivity index (χ4v) is 3.05. The van der Waals surface area contributed by atoms with Gasteiger partial charge >= 0.3 is 0 Å². The Bertz CT molecular complexity index is 623. The van der Waals surface area contributed by atoms with Crippen molar-refractivity contribution in [2.45, 2.75) is 18.9 Å². The Kier molecular flexibility index (Phi) is 3.08. The number of fused-ring (bicyclic) bond motifs is 1. The third kappa shape index (κ3) is 2.15. The van der Waals surface area contributed by atoms with Crippen LogP contribution in [0.1, 0.15) is 22.5 Å². The molecule has 1 aliphatic rings. The van der Waals surface area contributed by atoms with Crippen LogP contribution in [0, 0.1) is 0 Å². The minimum Gasteiger partial charge on any atom is -0.396 e. The van der Waals surface area contributed by atoms with Gasteiger partial charge in [0.15, 0.2) is 0 Å². The van der Waals surface area contributed by atoms with Crippen LogP contribution in [0.4, 0.5) is 5.69 Å². The lowest BCUT2D eigenvalue weighted by molar-refractivity contribution is 0.0713. The molecule has 0 aliphatic heterocycles. The number of nitrogens with zero attached hydrogens (tertiary/aromatic N) is 3. The molecule has 19 heavy (non-hydrogen) atoms. The van der Waals surface area contributed by atoms with Gasteiger partial charge in [0, 0.05) is 25.0 Å². The second-order valence-electron chi connectivity index (χ2n) is 4.51. The first-order valence-corrected chi connectivity index (χ1v) is 6.95. The number of carbonyl (C=O) groups excluding carboxylic acids is 1. The van der Waals surface area contributed by atoms with Gasteiger partial charge in [0.1, 0.15) is 15.2 Å². The molecule has 0 bridgehead atoms. The van der Waals surface area contributed by atoms with Crippen LogP contribution in [-0.4, -0.2) is 45.1 Å². The quantitative estimate of drug-likeness (QED) is 0.865. The molecule has 0 atom stereocenters. The van der Waals surface area contributed by atoms with Gasteiger partial charge in [0.2, 0.25) is 0 Å². The van der Waals surface area contributed by atoms with Crippen LogP contribution < -0.4 is 5.73 Å². The van der Waals surface area contributed by atoms with E-state index in [0.717, 1.165) is 12.8 Å². The Morgan fingerprint density at radius 3 is 2.84 bits per heavy atom. The summed E-state index contributed by atoms with van der Waals surface area (Å²) in [4.78, 5) is 23.7. The Labute approximate surface area is 113 Å². The van der Waals surface area contributed by atoms with Gasteiger partial charge in [-0.05, 0) is 12.8 Å². The summed E-state index contributed by atoms with van der Waals surface area (Å²) in [5.41, 5.74) is 6.96. The average Bonchev–Trinajstić information content (AvgIpc) is 3.21. The lowest BCUT2D eigenvalue weighted by atomic mass is 10.3. The van der Waals surface area contributed by atoms with Gasteiger partial charge < -0.3 is 15.7 Å². The first-order valence-electron chi connectivity index (χ1n) is 6.13. The molecule has 0 unspecified atom stereocenters. The number of amides is 1. The molecule has 0 aromatic carbocycles. The van der Waals surface area contributed by atoms with E-state index in [2.05, 4.69) is 9.97 Å². The molecule has 1 amide bonds. The van der Waals surface area contributed by atoms with Crippen molar-refractivity contribution in [3.63, 3.8) is 0 Å². The van der Waals surface area contributed by atoms with Crippen LogP contribution in [0.3, 0.4) is 0 Å². The molecule has 7 heteroatoms. The van der Waals surface area contributed by atoms with E-state index in [-0.39, 0.29) is 18.6 Å². The Morgan fingerprint density at radius 2 is 2.21 bits per heavy atom. The van der Waals surface area contributed by atoms with E-state index in [0.29, 0.717) is 27.5 Å². The van der Waals surface area contributed by atoms with E-state index in [4.69, 9.17) is 10.8 Å². The van der Waals surface area contributed by atoms with Crippen molar-refractivity contribution in [3.05, 3.63) is 17.3 Å². The molecule has 0 saturated heterocycles. The fraction of sp³-hybridized carbons (Fsp3) is 0.417. The highest BCUT2D eigenvalue weighted by Crippen LogP contribution is 2.34. The summed E-state index contributed by atoms with van der Waals surface area (Å²) >= 11 is 1.26. The Balaban J connectivity index is 1.98. The van der Waals surface area contributed by atoms with Gasteiger partial charge in [-0.25, -0.2) is 9.97 Å². The number of aromatic nitrogens is 2. The van der Waals surface area contributed by atoms with Crippen molar-refractivity contribution < 1.29 is 9.90 Å². The van der Waals surface area contributed by atoms with Crippen molar-refractivity contribution >= 4 is 33.3 Å². The van der Waals surface area contributed by atoms with Crippen molar-refractivity contribution in [2.24, 2.45) is 0 Å². The standard InChI is InChI=1S/C12H14N4O2S/c13-8-9-11(15-4-3-14-9)19-10(8)12(18)16(5-6-17)7-1-2-7/h3-4,7,17H,1-2,5-6,13H2. The highest BCUT2D eigenvalue weighted by molar-refractivity contribution is 7.21. The van der Waals surface area contributed by atoms with E-state index in [1.165, 1.54) is 11.3 Å². The topological polar surface area (TPSA) is 92.3 Å². The third-order valence-electron chi connectivity index (χ3n) is 3.15. The van der Waals surface area contributed by atoms with Gasteiger partial charge in [-0.1, -0.05) is 0 Å². The monoisotopic (exact) mass is 278 g/mol. The molecule has 0 radical (unpaired) electrons. The molecule has 3 N–H and O–H groups in total. The van der Waals surface area contributed by atoms with Gasteiger partial charge in [-0.3, -0.25) is 4.79 Å². The first kappa shape index (κ1) is 12.3. The number of thiophene rings is 1. The van der Waals surface area contributed by atoms with Crippen LogP contribution >= 0.6 is 11.3 Å². The maximum Gasteiger partial charge on any atom is 0.266 e. The lowest BCUT2D eigenvalue weighted by Gasteiger charge is -2.20. The summed E-state index contributed by atoms with van der Waals surface area (Å²) in [6, 6.07) is 0.241. The zero-order valence-electron chi connectivity index (χ0n) is 10.2. The molecule has 0 spiro atoms. The molecular weight excluding hydrogens is 264 g/mol. The zero-order valence-corrected chi connectivity index (χ0v) is 11.1. The lowest BCUT2D eigenvalue weighted by Crippen LogP contribution is -2.35. The van der Waals surface area contributed by atoms with E-state index < -0.39 is 0 Å². The zero-order chi connectivity index (χ0) is 13.4. The predicted molar refractivity (Wildman–Crippen MR) is 73.0 cm³/mol. The summed E-state index contributed by atoms with van der Waals surface area (Å²) in [6.45, 7) is 0.307. The molecule has 3 rings (SSSR count). The molecule has 2 aromatic heterocycles. The average molecular weight is 278 g/mol. The maximum absolute atomic E-state index is 12.5. The van der Waals surface area contributed by atoms with E-state index in [9.17, 15) is 4.79 Å². The number of nitrogens with two attached hydrogens (primary N) is 1. The summed E-state index contributed by atoms with van der Waals surface area (Å²) in [5.74, 6) is -0.126. The van der Waals surface area contributed by atoms with Crippen LogP contribution in [-0.2, 0) is 0 Å². The van der Waals surface area contributed by atoms with E-state index >= 15 is 0 Å². The number of nitrogen functional groups attached to an aromatic ring is 1. The molecule has 1 aliphatic carbocycles. The van der Waals surface area contributed by atoms with Crippen LogP contribution in [0.5, 0.6) is 0 Å². The largest absolute Gasteiger partial charge is 0.396 e. The predicted octanol–water partition coefficient (Wildman–Crippen LogP) is 0.870. The first-order chi connectivity index (χ1) is 9.22. The van der Waals surface area contributed by atoms with Gasteiger partial charge in [0.25, 0.3) is 5.91 Å². The number of rotatable bonds is 4. The second-order valence-corrected chi connectivity index (χ2v) is 5.51. The Hall–Kier alpha value is -1.73. The summed E-state index contributed by atoms with van der Waals surface area (Å²) < 4.78 is 0. The second kappa shape index (κ2) is 4.75. The molecular formula is C12H14N4O2S. The molecule has 2 heterocycles. The molecule has 1 saturated carbocycles. The molecule has 1 fully saturated rings. The minimum absolute atomic E-state index is 0.0382. The normalized spacial score (nSPS) is 14.8. The van der Waals surface area contributed by atoms with Crippen LogP contribution in [0.2, 0.25) is 0 Å². The smallest absolute Gasteiger partial charge is 0.266 e. The fourth-order valence-electron chi connectivity index (χ4n) is 2.08. The van der Waals surface area contributed by atoms with Crippen LogP contribution in [0.25, 0.3) is 10.3 Å². The highest BCUT2D eigenvalue weighted by Gasteiger charge is 2.34. The SMILES string of the molecule is Nc1c(C(=O)N(CCO)C2CC2)sc2nccnc12. The highest BCUT2D eigenvalue weighted by atomic mass is 32.1. The van der Waals surface area contributed by atoms with E-state index in [1.807, 2.05) is 0 Å². The van der Waals surface area contributed by atoms with Crippen molar-refractivity contribution in [3.8, 4) is 0 Å². The van der Waals surface area contributed by atoms with E-state index in [1.54, 1.807) is 17.3 Å². The summed E-state index contributed by atoms with van der Waals surface area (Å²) in [6.07, 6.45) is 5.13. The molecule has 2 aromatic rings. The maximum atomic E-state index is 12.5. The van der Waals surface area contributed by atoms with Crippen molar-refractivity contribution in [2.75, 3.05) is 18.9 Å². The third-order valence-corrected chi connectivity index (χ3v) is 4.24. The summed E-state index contributed by atoms with van der Waals surface area (Å²) in [7, 11) is 0. The minimum atomic E-state index is -0.126. The van der Waals surface area contributed by atoms with Crippen LogP contribution in [0.15, 0.2) is 12.4 Å². The molecule has 100 valence electrons.